The van der Waals surface area contributed by atoms with Gasteiger partial charge in [-0.25, -0.2) is 9.97 Å². The first-order valence-corrected chi connectivity index (χ1v) is 8.64. The molecule has 0 aliphatic carbocycles. The minimum Gasteiger partial charge on any atom is -0.492 e. The van der Waals surface area contributed by atoms with Gasteiger partial charge in [0, 0.05) is 38.6 Å². The minimum absolute atomic E-state index is 0.457. The molecule has 1 aromatic heterocycles. The van der Waals surface area contributed by atoms with E-state index < -0.39 is 0 Å². The fraction of sp³-hybridized carbons (Fsp3) is 0.474. The Morgan fingerprint density at radius 1 is 1.21 bits per heavy atom. The van der Waals surface area contributed by atoms with E-state index in [-0.39, 0.29) is 0 Å². The van der Waals surface area contributed by atoms with E-state index in [9.17, 15) is 0 Å². The van der Waals surface area contributed by atoms with Gasteiger partial charge in [0.2, 0.25) is 5.95 Å². The minimum atomic E-state index is 0.457. The first-order valence-electron chi connectivity index (χ1n) is 8.64. The van der Waals surface area contributed by atoms with Crippen LogP contribution in [0.25, 0.3) is 0 Å². The van der Waals surface area contributed by atoms with Crippen LogP contribution in [0.4, 0.5) is 5.95 Å². The van der Waals surface area contributed by atoms with Gasteiger partial charge in [0.1, 0.15) is 12.4 Å². The molecule has 1 unspecified atom stereocenters. The van der Waals surface area contributed by atoms with Crippen LogP contribution < -0.4 is 9.64 Å². The summed E-state index contributed by atoms with van der Waals surface area (Å²) in [6, 6.07) is 10.5. The number of anilines is 1. The van der Waals surface area contributed by atoms with Crippen LogP contribution in [0, 0.1) is 6.92 Å². The molecule has 1 saturated heterocycles. The maximum Gasteiger partial charge on any atom is 0.225 e. The lowest BCUT2D eigenvalue weighted by Gasteiger charge is -2.37. The molecule has 0 bridgehead atoms. The van der Waals surface area contributed by atoms with Gasteiger partial charge in [-0.1, -0.05) is 18.2 Å². The number of likely N-dealkylation sites (N-methyl/N-ethyl adjacent to an activating group) is 1. The molecule has 1 aliphatic heterocycles. The van der Waals surface area contributed by atoms with E-state index >= 15 is 0 Å². The summed E-state index contributed by atoms with van der Waals surface area (Å²) in [5.41, 5.74) is 1.09. The fourth-order valence-corrected chi connectivity index (χ4v) is 3.09. The van der Waals surface area contributed by atoms with Crippen molar-refractivity contribution < 1.29 is 4.74 Å². The molecule has 1 aliphatic rings. The number of rotatable bonds is 6. The molecule has 2 heterocycles. The number of ether oxygens (including phenoxy) is 1. The van der Waals surface area contributed by atoms with Crippen molar-refractivity contribution in [3.05, 3.63) is 48.3 Å². The van der Waals surface area contributed by atoms with Crippen molar-refractivity contribution >= 4 is 5.95 Å². The molecular formula is C19H26N4O. The summed E-state index contributed by atoms with van der Waals surface area (Å²) < 4.78 is 5.82. The second kappa shape index (κ2) is 8.11. The third-order valence-corrected chi connectivity index (χ3v) is 4.53. The molecule has 0 amide bonds. The molecule has 3 rings (SSSR count). The van der Waals surface area contributed by atoms with Crippen molar-refractivity contribution in [3.8, 4) is 5.75 Å². The average Bonchev–Trinajstić information content (AvgIpc) is 2.63. The normalized spacial score (nSPS) is 18.3. The van der Waals surface area contributed by atoms with E-state index in [4.69, 9.17) is 4.74 Å². The third-order valence-electron chi connectivity index (χ3n) is 4.53. The molecule has 1 aromatic carbocycles. The first-order chi connectivity index (χ1) is 11.7. The van der Waals surface area contributed by atoms with Gasteiger partial charge in [-0.2, -0.15) is 0 Å². The van der Waals surface area contributed by atoms with Gasteiger partial charge in [-0.05, 0) is 44.0 Å². The van der Waals surface area contributed by atoms with Crippen LogP contribution in [0.3, 0.4) is 0 Å². The topological polar surface area (TPSA) is 41.5 Å². The lowest BCUT2D eigenvalue weighted by atomic mass is 10.0. The maximum absolute atomic E-state index is 5.82. The molecule has 0 radical (unpaired) electrons. The van der Waals surface area contributed by atoms with Crippen LogP contribution in [0.15, 0.2) is 42.7 Å². The summed E-state index contributed by atoms with van der Waals surface area (Å²) in [7, 11) is 2.10. The second-order valence-corrected chi connectivity index (χ2v) is 6.43. The van der Waals surface area contributed by atoms with Gasteiger partial charge < -0.3 is 9.64 Å². The van der Waals surface area contributed by atoms with E-state index in [1.165, 1.54) is 12.8 Å². The number of piperidine rings is 1. The SMILES string of the molecule is Cc1cnc(N(C)C2CCCN(CCOc3ccccc3)C2)nc1. The average molecular weight is 326 g/mol. The van der Waals surface area contributed by atoms with Crippen molar-refractivity contribution in [2.45, 2.75) is 25.8 Å². The molecule has 0 saturated carbocycles. The maximum atomic E-state index is 5.82. The fourth-order valence-electron chi connectivity index (χ4n) is 3.09. The Morgan fingerprint density at radius 3 is 2.71 bits per heavy atom. The van der Waals surface area contributed by atoms with E-state index in [0.717, 1.165) is 43.5 Å². The van der Waals surface area contributed by atoms with Crippen molar-refractivity contribution in [1.82, 2.24) is 14.9 Å². The summed E-state index contributed by atoms with van der Waals surface area (Å²) in [6.45, 7) is 5.86. The van der Waals surface area contributed by atoms with Crippen LogP contribution in [-0.2, 0) is 0 Å². The molecule has 1 atom stereocenters. The molecule has 5 heteroatoms. The van der Waals surface area contributed by atoms with Crippen LogP contribution in [0.1, 0.15) is 18.4 Å². The molecule has 1 fully saturated rings. The van der Waals surface area contributed by atoms with Crippen molar-refractivity contribution in [3.63, 3.8) is 0 Å². The Hall–Kier alpha value is -2.14. The second-order valence-electron chi connectivity index (χ2n) is 6.43. The number of likely N-dealkylation sites (tertiary alicyclic amines) is 1. The monoisotopic (exact) mass is 326 g/mol. The standard InChI is InChI=1S/C19H26N4O/c1-16-13-20-19(21-14-16)22(2)17-7-6-10-23(15-17)11-12-24-18-8-4-3-5-9-18/h3-5,8-9,13-14,17H,6-7,10-12,15H2,1-2H3. The van der Waals surface area contributed by atoms with Gasteiger partial charge in [0.05, 0.1) is 0 Å². The number of aryl methyl sites for hydroxylation is 1. The van der Waals surface area contributed by atoms with Gasteiger partial charge >= 0.3 is 0 Å². The zero-order chi connectivity index (χ0) is 16.8. The summed E-state index contributed by atoms with van der Waals surface area (Å²) in [6.07, 6.45) is 6.15. The number of benzene rings is 1. The lowest BCUT2D eigenvalue weighted by Crippen LogP contribution is -2.48. The largest absolute Gasteiger partial charge is 0.492 e. The van der Waals surface area contributed by atoms with E-state index in [1.807, 2.05) is 49.6 Å². The smallest absolute Gasteiger partial charge is 0.225 e. The molecule has 0 N–H and O–H groups in total. The van der Waals surface area contributed by atoms with Crippen molar-refractivity contribution in [1.29, 1.82) is 0 Å². The summed E-state index contributed by atoms with van der Waals surface area (Å²) in [4.78, 5) is 13.6. The molecular weight excluding hydrogens is 300 g/mol. The Bertz CT molecular complexity index is 617. The Labute approximate surface area is 144 Å². The Balaban J connectivity index is 1.49. The quantitative estimate of drug-likeness (QED) is 0.816. The van der Waals surface area contributed by atoms with Crippen LogP contribution in [0.2, 0.25) is 0 Å². The zero-order valence-electron chi connectivity index (χ0n) is 14.6. The predicted molar refractivity (Wildman–Crippen MR) is 96.6 cm³/mol. The summed E-state index contributed by atoms with van der Waals surface area (Å²) in [5.74, 6) is 1.75. The van der Waals surface area contributed by atoms with E-state index in [1.54, 1.807) is 0 Å². The van der Waals surface area contributed by atoms with Gasteiger partial charge in [0.25, 0.3) is 0 Å². The highest BCUT2D eigenvalue weighted by molar-refractivity contribution is 5.30. The predicted octanol–water partition coefficient (Wildman–Crippen LogP) is 2.76. The van der Waals surface area contributed by atoms with Crippen LogP contribution in [-0.4, -0.2) is 54.2 Å². The first kappa shape index (κ1) is 16.7. The lowest BCUT2D eigenvalue weighted by molar-refractivity contribution is 0.169. The highest BCUT2D eigenvalue weighted by atomic mass is 16.5. The Kier molecular flexibility index (Phi) is 5.64. The molecule has 5 nitrogen and oxygen atoms in total. The van der Waals surface area contributed by atoms with E-state index in [2.05, 4.69) is 26.8 Å². The van der Waals surface area contributed by atoms with Crippen LogP contribution >= 0.6 is 0 Å². The summed E-state index contributed by atoms with van der Waals surface area (Å²) >= 11 is 0. The molecule has 24 heavy (non-hydrogen) atoms. The third kappa shape index (κ3) is 4.45. The van der Waals surface area contributed by atoms with Crippen molar-refractivity contribution in [2.75, 3.05) is 38.2 Å². The molecule has 2 aromatic rings. The molecule has 128 valence electrons. The summed E-state index contributed by atoms with van der Waals surface area (Å²) in [5, 5.41) is 0. The zero-order valence-corrected chi connectivity index (χ0v) is 14.6. The highest BCUT2D eigenvalue weighted by Gasteiger charge is 2.24. The number of hydrogen-bond acceptors (Lipinski definition) is 5. The van der Waals surface area contributed by atoms with Crippen LogP contribution in [0.5, 0.6) is 5.75 Å². The number of aromatic nitrogens is 2. The van der Waals surface area contributed by atoms with Gasteiger partial charge in [0.15, 0.2) is 0 Å². The number of hydrogen-bond donors (Lipinski definition) is 0. The number of para-hydroxylation sites is 1. The van der Waals surface area contributed by atoms with Gasteiger partial charge in [-0.3, -0.25) is 4.90 Å². The Morgan fingerprint density at radius 2 is 1.96 bits per heavy atom. The van der Waals surface area contributed by atoms with Crippen molar-refractivity contribution in [2.24, 2.45) is 0 Å². The molecule has 0 spiro atoms. The number of nitrogens with zero attached hydrogens (tertiary/aromatic N) is 4. The van der Waals surface area contributed by atoms with E-state index in [0.29, 0.717) is 6.04 Å². The van der Waals surface area contributed by atoms with Gasteiger partial charge in [-0.15, -0.1) is 0 Å². The highest BCUT2D eigenvalue weighted by Crippen LogP contribution is 2.18.